The highest BCUT2D eigenvalue weighted by Crippen LogP contribution is 2.17. The van der Waals surface area contributed by atoms with Crippen LogP contribution >= 0.6 is 0 Å². The van der Waals surface area contributed by atoms with E-state index >= 15 is 0 Å². The van der Waals surface area contributed by atoms with Crippen LogP contribution < -0.4 is 4.72 Å². The average molecular weight is 408 g/mol. The third-order valence-electron chi connectivity index (χ3n) is 4.25. The van der Waals surface area contributed by atoms with Crippen molar-refractivity contribution in [3.05, 3.63) is 53.5 Å². The summed E-state index contributed by atoms with van der Waals surface area (Å²) in [5, 5.41) is 0. The van der Waals surface area contributed by atoms with Gasteiger partial charge in [-0.05, 0) is 50.6 Å². The molecule has 0 unspecified atom stereocenters. The summed E-state index contributed by atoms with van der Waals surface area (Å²) in [7, 11) is -2.24. The van der Waals surface area contributed by atoms with Crippen molar-refractivity contribution in [2.24, 2.45) is 0 Å². The lowest BCUT2D eigenvalue weighted by Crippen LogP contribution is -2.36. The van der Waals surface area contributed by atoms with Crippen LogP contribution in [0.2, 0.25) is 0 Å². The zero-order chi connectivity index (χ0) is 20.9. The number of nitrogens with zero attached hydrogens (tertiary/aromatic N) is 1. The molecule has 0 fully saturated rings. The van der Waals surface area contributed by atoms with Gasteiger partial charge in [0, 0.05) is 13.1 Å². The zero-order valence-electron chi connectivity index (χ0n) is 16.3. The topological polar surface area (TPSA) is 106 Å². The molecule has 0 atom stereocenters. The van der Waals surface area contributed by atoms with Crippen LogP contribution in [0.15, 0.2) is 45.9 Å². The highest BCUT2D eigenvalue weighted by Gasteiger charge is 2.20. The summed E-state index contributed by atoms with van der Waals surface area (Å²) in [5.41, 5.74) is 0.625. The fourth-order valence-corrected chi connectivity index (χ4v) is 3.26. The molecule has 0 aliphatic rings. The molecule has 0 aliphatic carbocycles. The normalized spacial score (nSPS) is 11.5. The molecule has 9 heteroatoms. The molecule has 1 aromatic heterocycles. The molecule has 0 saturated heterocycles. The molecule has 152 valence electrons. The van der Waals surface area contributed by atoms with Gasteiger partial charge in [-0.1, -0.05) is 6.07 Å². The maximum absolute atomic E-state index is 12.5. The van der Waals surface area contributed by atoms with Crippen molar-refractivity contribution in [2.75, 3.05) is 13.7 Å². The Morgan fingerprint density at radius 1 is 1.25 bits per heavy atom. The van der Waals surface area contributed by atoms with Gasteiger partial charge < -0.3 is 14.1 Å². The van der Waals surface area contributed by atoms with Gasteiger partial charge in [0.15, 0.2) is 6.61 Å². The molecule has 1 N–H and O–H groups in total. The molecule has 0 bridgehead atoms. The standard InChI is InChI=1S/C19H24N2O6S/c1-13(2)21(4)18(22)12-27-19(23)17-10-16(8-7-14(17)3)28(24,25)20-11-15-6-5-9-26-15/h5-10,13,20H,11-12H2,1-4H3. The number of nitrogens with one attached hydrogen (secondary N) is 1. The minimum absolute atomic E-state index is 0.0149. The monoisotopic (exact) mass is 408 g/mol. The quantitative estimate of drug-likeness (QED) is 0.671. The number of hydrogen-bond acceptors (Lipinski definition) is 6. The fourth-order valence-electron chi connectivity index (χ4n) is 2.25. The number of amides is 1. The van der Waals surface area contributed by atoms with Gasteiger partial charge in [0.2, 0.25) is 10.0 Å². The van der Waals surface area contributed by atoms with E-state index in [1.807, 2.05) is 13.8 Å². The highest BCUT2D eigenvalue weighted by atomic mass is 32.2. The van der Waals surface area contributed by atoms with Gasteiger partial charge in [0.25, 0.3) is 5.91 Å². The molecular formula is C19H24N2O6S. The van der Waals surface area contributed by atoms with Gasteiger partial charge in [0.1, 0.15) is 5.76 Å². The second kappa shape index (κ2) is 9.03. The van der Waals surface area contributed by atoms with E-state index in [1.54, 1.807) is 26.1 Å². The predicted octanol–water partition coefficient (Wildman–Crippen LogP) is 2.09. The fraction of sp³-hybridized carbons (Fsp3) is 0.368. The van der Waals surface area contributed by atoms with Crippen molar-refractivity contribution < 1.29 is 27.2 Å². The summed E-state index contributed by atoms with van der Waals surface area (Å²) >= 11 is 0. The number of ether oxygens (including phenoxy) is 1. The molecule has 1 heterocycles. The van der Waals surface area contributed by atoms with E-state index in [0.717, 1.165) is 0 Å². The zero-order valence-corrected chi connectivity index (χ0v) is 17.1. The van der Waals surface area contributed by atoms with E-state index < -0.39 is 22.6 Å². The van der Waals surface area contributed by atoms with Crippen LogP contribution in [0.3, 0.4) is 0 Å². The minimum atomic E-state index is -3.86. The second-order valence-electron chi connectivity index (χ2n) is 6.56. The van der Waals surface area contributed by atoms with Gasteiger partial charge in [-0.2, -0.15) is 0 Å². The first-order valence-corrected chi connectivity index (χ1v) is 10.2. The number of aryl methyl sites for hydroxylation is 1. The number of esters is 1. The Hall–Kier alpha value is -2.65. The smallest absolute Gasteiger partial charge is 0.338 e. The molecule has 1 aromatic carbocycles. The summed E-state index contributed by atoms with van der Waals surface area (Å²) in [6.45, 7) is 4.91. The van der Waals surface area contributed by atoms with Gasteiger partial charge in [-0.3, -0.25) is 4.79 Å². The van der Waals surface area contributed by atoms with Crippen LogP contribution in [0.5, 0.6) is 0 Å². The largest absolute Gasteiger partial charge is 0.468 e. The van der Waals surface area contributed by atoms with Crippen molar-refractivity contribution in [1.29, 1.82) is 0 Å². The molecule has 2 rings (SSSR count). The van der Waals surface area contributed by atoms with Crippen molar-refractivity contribution in [2.45, 2.75) is 38.3 Å². The molecule has 0 aliphatic heterocycles. The molecule has 2 aromatic rings. The van der Waals surface area contributed by atoms with Gasteiger partial charge in [-0.25, -0.2) is 17.9 Å². The van der Waals surface area contributed by atoms with Crippen LogP contribution in [-0.2, 0) is 26.1 Å². The molecule has 0 spiro atoms. The Kier molecular flexibility index (Phi) is 6.98. The van der Waals surface area contributed by atoms with Crippen LogP contribution in [-0.4, -0.2) is 44.9 Å². The first-order valence-electron chi connectivity index (χ1n) is 8.67. The molecule has 0 saturated carbocycles. The lowest BCUT2D eigenvalue weighted by molar-refractivity contribution is -0.134. The van der Waals surface area contributed by atoms with Crippen molar-refractivity contribution >= 4 is 21.9 Å². The number of likely N-dealkylation sites (N-methyl/N-ethyl adjacent to an activating group) is 1. The van der Waals surface area contributed by atoms with Gasteiger partial charge in [-0.15, -0.1) is 0 Å². The van der Waals surface area contributed by atoms with E-state index in [-0.39, 0.29) is 29.0 Å². The lowest BCUT2D eigenvalue weighted by Gasteiger charge is -2.21. The highest BCUT2D eigenvalue weighted by molar-refractivity contribution is 7.89. The third kappa shape index (κ3) is 5.43. The number of carbonyl (C=O) groups excluding carboxylic acids is 2. The third-order valence-corrected chi connectivity index (χ3v) is 5.65. The number of sulfonamides is 1. The van der Waals surface area contributed by atoms with Crippen LogP contribution in [0, 0.1) is 6.92 Å². The van der Waals surface area contributed by atoms with E-state index in [2.05, 4.69) is 4.72 Å². The maximum Gasteiger partial charge on any atom is 0.338 e. The molecule has 1 amide bonds. The minimum Gasteiger partial charge on any atom is -0.468 e. The van der Waals surface area contributed by atoms with Crippen molar-refractivity contribution in [1.82, 2.24) is 9.62 Å². The summed E-state index contributed by atoms with van der Waals surface area (Å²) in [4.78, 5) is 25.7. The summed E-state index contributed by atoms with van der Waals surface area (Å²) in [6, 6.07) is 7.42. The van der Waals surface area contributed by atoms with Crippen molar-refractivity contribution in [3.8, 4) is 0 Å². The van der Waals surface area contributed by atoms with Crippen LogP contribution in [0.1, 0.15) is 35.5 Å². The molecular weight excluding hydrogens is 384 g/mol. The van der Waals surface area contributed by atoms with Gasteiger partial charge >= 0.3 is 5.97 Å². The van der Waals surface area contributed by atoms with E-state index in [4.69, 9.17) is 9.15 Å². The second-order valence-corrected chi connectivity index (χ2v) is 8.32. The first kappa shape index (κ1) is 21.6. The molecule has 28 heavy (non-hydrogen) atoms. The van der Waals surface area contributed by atoms with Crippen LogP contribution in [0.4, 0.5) is 0 Å². The average Bonchev–Trinajstić information content (AvgIpc) is 3.17. The van der Waals surface area contributed by atoms with E-state index in [1.165, 1.54) is 29.4 Å². The SMILES string of the molecule is Cc1ccc(S(=O)(=O)NCc2ccco2)cc1C(=O)OCC(=O)N(C)C(C)C. The Morgan fingerprint density at radius 2 is 1.96 bits per heavy atom. The lowest BCUT2D eigenvalue weighted by atomic mass is 10.1. The Labute approximate surface area is 164 Å². The number of benzene rings is 1. The van der Waals surface area contributed by atoms with E-state index in [0.29, 0.717) is 11.3 Å². The van der Waals surface area contributed by atoms with Crippen LogP contribution in [0.25, 0.3) is 0 Å². The Balaban J connectivity index is 2.11. The maximum atomic E-state index is 12.5. The molecule has 0 radical (unpaired) electrons. The summed E-state index contributed by atoms with van der Waals surface area (Å²) in [5.74, 6) is -0.640. The Bertz CT molecular complexity index is 935. The number of rotatable bonds is 8. The first-order chi connectivity index (χ1) is 13.1. The van der Waals surface area contributed by atoms with Crippen molar-refractivity contribution in [3.63, 3.8) is 0 Å². The number of carbonyl (C=O) groups is 2. The van der Waals surface area contributed by atoms with Gasteiger partial charge in [0.05, 0.1) is 23.3 Å². The number of hydrogen-bond donors (Lipinski definition) is 1. The van der Waals surface area contributed by atoms with E-state index in [9.17, 15) is 18.0 Å². The summed E-state index contributed by atoms with van der Waals surface area (Å²) < 4.78 is 37.5. The number of furan rings is 1. The predicted molar refractivity (Wildman–Crippen MR) is 102 cm³/mol. The summed E-state index contributed by atoms with van der Waals surface area (Å²) in [6.07, 6.45) is 1.45. The Morgan fingerprint density at radius 3 is 2.57 bits per heavy atom. The molecule has 8 nitrogen and oxygen atoms in total.